The highest BCUT2D eigenvalue weighted by molar-refractivity contribution is 5.94. The maximum absolute atomic E-state index is 13.5. The van der Waals surface area contributed by atoms with Gasteiger partial charge in [0.05, 0.1) is 11.7 Å². The van der Waals surface area contributed by atoms with Crippen molar-refractivity contribution < 1.29 is 13.6 Å². The number of hydrogen-bond acceptors (Lipinski definition) is 2. The third-order valence-electron chi connectivity index (χ3n) is 4.94. The smallest absolute Gasteiger partial charge is 0.272 e. The lowest BCUT2D eigenvalue weighted by Gasteiger charge is -2.14. The van der Waals surface area contributed by atoms with Gasteiger partial charge in [-0.25, -0.2) is 13.5 Å². The van der Waals surface area contributed by atoms with E-state index in [-0.39, 0.29) is 5.91 Å². The maximum atomic E-state index is 13.5. The summed E-state index contributed by atoms with van der Waals surface area (Å²) in [6, 6.07) is 12.9. The number of nitrogens with one attached hydrogen (secondary N) is 1. The molecule has 1 aliphatic carbocycles. The van der Waals surface area contributed by atoms with Crippen LogP contribution in [0.4, 0.5) is 8.78 Å². The van der Waals surface area contributed by atoms with Crippen molar-refractivity contribution in [2.75, 3.05) is 0 Å². The van der Waals surface area contributed by atoms with Crippen LogP contribution in [0.3, 0.4) is 0 Å². The Morgan fingerprint density at radius 2 is 1.89 bits per heavy atom. The Bertz CT molecular complexity index is 998. The molecule has 0 fully saturated rings. The van der Waals surface area contributed by atoms with Gasteiger partial charge in [-0.2, -0.15) is 5.10 Å². The van der Waals surface area contributed by atoms with Gasteiger partial charge in [0.2, 0.25) is 0 Å². The number of rotatable bonds is 4. The number of para-hydroxylation sites is 1. The van der Waals surface area contributed by atoms with Crippen molar-refractivity contribution in [3.8, 4) is 5.69 Å². The highest BCUT2D eigenvalue weighted by Gasteiger charge is 2.27. The second-order valence-electron chi connectivity index (χ2n) is 6.74. The van der Waals surface area contributed by atoms with Gasteiger partial charge in [0, 0.05) is 11.3 Å². The molecule has 0 spiro atoms. The lowest BCUT2D eigenvalue weighted by molar-refractivity contribution is 0.0933. The number of hydrogen-bond donors (Lipinski definition) is 1. The van der Waals surface area contributed by atoms with Crippen LogP contribution < -0.4 is 5.32 Å². The van der Waals surface area contributed by atoms with Crippen LogP contribution in [0.15, 0.2) is 48.5 Å². The molecular formula is C21H19F2N3O. The van der Waals surface area contributed by atoms with Gasteiger partial charge in [-0.15, -0.1) is 0 Å². The zero-order valence-corrected chi connectivity index (χ0v) is 14.9. The van der Waals surface area contributed by atoms with Crippen LogP contribution in [0, 0.1) is 11.6 Å². The summed E-state index contributed by atoms with van der Waals surface area (Å²) in [6.07, 6.45) is 2.67. The van der Waals surface area contributed by atoms with Crippen LogP contribution in [0.2, 0.25) is 0 Å². The van der Waals surface area contributed by atoms with E-state index < -0.39 is 17.7 Å². The summed E-state index contributed by atoms with van der Waals surface area (Å²) >= 11 is 0. The molecule has 27 heavy (non-hydrogen) atoms. The standard InChI is InChI=1S/C21H19F2N3O/c1-13(14-10-11-17(22)18(23)12-14)24-21(27)20-16-8-5-9-19(16)26(25-20)15-6-3-2-4-7-15/h2-4,6-7,10-13H,5,8-9H2,1H3,(H,24,27)/t13-/m1/s1. The van der Waals surface area contributed by atoms with Crippen molar-refractivity contribution in [2.45, 2.75) is 32.2 Å². The fraction of sp³-hybridized carbons (Fsp3) is 0.238. The molecule has 3 aromatic rings. The second kappa shape index (κ2) is 6.95. The molecular weight excluding hydrogens is 348 g/mol. The first kappa shape index (κ1) is 17.4. The number of nitrogens with zero attached hydrogens (tertiary/aromatic N) is 2. The minimum Gasteiger partial charge on any atom is -0.344 e. The Morgan fingerprint density at radius 1 is 1.11 bits per heavy atom. The zero-order valence-electron chi connectivity index (χ0n) is 14.9. The van der Waals surface area contributed by atoms with E-state index in [2.05, 4.69) is 10.4 Å². The van der Waals surface area contributed by atoms with Gasteiger partial charge in [-0.1, -0.05) is 24.3 Å². The number of aromatic nitrogens is 2. The van der Waals surface area contributed by atoms with E-state index in [1.807, 2.05) is 35.0 Å². The minimum absolute atomic E-state index is 0.305. The van der Waals surface area contributed by atoms with Crippen LogP contribution in [-0.4, -0.2) is 15.7 Å². The average molecular weight is 367 g/mol. The Labute approximate surface area is 155 Å². The summed E-state index contributed by atoms with van der Waals surface area (Å²) < 4.78 is 28.4. The van der Waals surface area contributed by atoms with E-state index in [9.17, 15) is 13.6 Å². The third-order valence-corrected chi connectivity index (χ3v) is 4.94. The van der Waals surface area contributed by atoms with Crippen molar-refractivity contribution in [2.24, 2.45) is 0 Å². The summed E-state index contributed by atoms with van der Waals surface area (Å²) in [7, 11) is 0. The molecule has 138 valence electrons. The number of fused-ring (bicyclic) bond motifs is 1. The lowest BCUT2D eigenvalue weighted by Crippen LogP contribution is -2.28. The first-order chi connectivity index (χ1) is 13.0. The van der Waals surface area contributed by atoms with E-state index in [1.54, 1.807) is 6.92 Å². The number of amides is 1. The molecule has 0 bridgehead atoms. The summed E-state index contributed by atoms with van der Waals surface area (Å²) in [5.74, 6) is -2.14. The average Bonchev–Trinajstić information content (AvgIpc) is 3.27. The van der Waals surface area contributed by atoms with Crippen molar-refractivity contribution in [1.29, 1.82) is 0 Å². The Morgan fingerprint density at radius 3 is 2.63 bits per heavy atom. The summed E-state index contributed by atoms with van der Waals surface area (Å²) in [4.78, 5) is 12.8. The van der Waals surface area contributed by atoms with Gasteiger partial charge < -0.3 is 5.32 Å². The Kier molecular flexibility index (Phi) is 4.48. The predicted molar refractivity (Wildman–Crippen MR) is 97.8 cm³/mol. The Balaban J connectivity index is 1.62. The molecule has 0 saturated carbocycles. The molecule has 0 radical (unpaired) electrons. The molecule has 1 amide bonds. The molecule has 1 heterocycles. The molecule has 0 unspecified atom stereocenters. The number of carbonyl (C=O) groups excluding carboxylic acids is 1. The molecule has 1 atom stereocenters. The van der Waals surface area contributed by atoms with E-state index in [0.29, 0.717) is 11.3 Å². The molecule has 6 heteroatoms. The predicted octanol–water partition coefficient (Wildman–Crippen LogP) is 4.13. The van der Waals surface area contributed by atoms with Crippen molar-refractivity contribution in [1.82, 2.24) is 15.1 Å². The van der Waals surface area contributed by atoms with E-state index in [0.717, 1.165) is 48.3 Å². The molecule has 0 aliphatic heterocycles. The fourth-order valence-corrected chi connectivity index (χ4v) is 3.53. The van der Waals surface area contributed by atoms with E-state index in [1.165, 1.54) is 6.07 Å². The molecule has 2 aromatic carbocycles. The first-order valence-corrected chi connectivity index (χ1v) is 8.96. The number of carbonyl (C=O) groups is 1. The van der Waals surface area contributed by atoms with Gasteiger partial charge in [0.1, 0.15) is 0 Å². The topological polar surface area (TPSA) is 46.9 Å². The van der Waals surface area contributed by atoms with Gasteiger partial charge in [-0.3, -0.25) is 4.79 Å². The first-order valence-electron chi connectivity index (χ1n) is 8.96. The second-order valence-corrected chi connectivity index (χ2v) is 6.74. The normalized spacial score (nSPS) is 14.0. The van der Waals surface area contributed by atoms with Gasteiger partial charge in [0.15, 0.2) is 17.3 Å². The van der Waals surface area contributed by atoms with Gasteiger partial charge in [0.25, 0.3) is 5.91 Å². The number of halogens is 2. The summed E-state index contributed by atoms with van der Waals surface area (Å²) in [5.41, 5.74) is 3.85. The number of benzene rings is 2. The van der Waals surface area contributed by atoms with Gasteiger partial charge >= 0.3 is 0 Å². The van der Waals surface area contributed by atoms with Crippen LogP contribution in [0.1, 0.15) is 46.7 Å². The van der Waals surface area contributed by atoms with Gasteiger partial charge in [-0.05, 0) is 56.0 Å². The minimum atomic E-state index is -0.928. The largest absolute Gasteiger partial charge is 0.344 e. The van der Waals surface area contributed by atoms with E-state index in [4.69, 9.17) is 0 Å². The van der Waals surface area contributed by atoms with Crippen molar-refractivity contribution in [3.05, 3.63) is 82.7 Å². The van der Waals surface area contributed by atoms with Crippen LogP contribution in [0.25, 0.3) is 5.69 Å². The molecule has 1 aliphatic rings. The summed E-state index contributed by atoms with van der Waals surface area (Å²) in [6.45, 7) is 1.74. The van der Waals surface area contributed by atoms with Crippen molar-refractivity contribution >= 4 is 5.91 Å². The third kappa shape index (κ3) is 3.23. The lowest BCUT2D eigenvalue weighted by atomic mass is 10.1. The molecule has 4 nitrogen and oxygen atoms in total. The maximum Gasteiger partial charge on any atom is 0.272 e. The van der Waals surface area contributed by atoms with Crippen LogP contribution in [-0.2, 0) is 12.8 Å². The quantitative estimate of drug-likeness (QED) is 0.754. The highest BCUT2D eigenvalue weighted by Crippen LogP contribution is 2.28. The Hall–Kier alpha value is -3.02. The molecule has 1 aromatic heterocycles. The van der Waals surface area contributed by atoms with Crippen LogP contribution in [0.5, 0.6) is 0 Å². The zero-order chi connectivity index (χ0) is 19.0. The molecule has 0 saturated heterocycles. The highest BCUT2D eigenvalue weighted by atomic mass is 19.2. The van der Waals surface area contributed by atoms with Crippen LogP contribution >= 0.6 is 0 Å². The van der Waals surface area contributed by atoms with Crippen molar-refractivity contribution in [3.63, 3.8) is 0 Å². The van der Waals surface area contributed by atoms with E-state index >= 15 is 0 Å². The monoisotopic (exact) mass is 367 g/mol. The SMILES string of the molecule is C[C@@H](NC(=O)c1nn(-c2ccccc2)c2c1CCC2)c1ccc(F)c(F)c1. The molecule has 4 rings (SSSR count). The summed E-state index contributed by atoms with van der Waals surface area (Å²) in [5, 5.41) is 7.40. The fourth-order valence-electron chi connectivity index (χ4n) is 3.53. The molecule has 1 N–H and O–H groups in total.